The monoisotopic (exact) mass is 394 g/mol. The SMILES string of the molecule is O=C1CCC(N2Cc3cc(-n4cc(-c5nccs5)nn4)ccc3C2=O)C(=O)N1. The maximum absolute atomic E-state index is 12.7. The van der Waals surface area contributed by atoms with Gasteiger partial charge in [-0.05, 0) is 30.2 Å². The van der Waals surface area contributed by atoms with Crippen LogP contribution in [0.4, 0.5) is 0 Å². The Morgan fingerprint density at radius 3 is 2.89 bits per heavy atom. The predicted octanol–water partition coefficient (Wildman–Crippen LogP) is 1.15. The third-order valence-electron chi connectivity index (χ3n) is 4.92. The average molecular weight is 394 g/mol. The Kier molecular flexibility index (Phi) is 3.79. The molecule has 4 heterocycles. The minimum atomic E-state index is -0.621. The van der Waals surface area contributed by atoms with E-state index in [1.54, 1.807) is 29.2 Å². The molecule has 2 aliphatic rings. The lowest BCUT2D eigenvalue weighted by molar-refractivity contribution is -0.136. The third kappa shape index (κ3) is 2.69. The van der Waals surface area contributed by atoms with E-state index in [2.05, 4.69) is 20.6 Å². The van der Waals surface area contributed by atoms with Crippen molar-refractivity contribution in [3.63, 3.8) is 0 Å². The second-order valence-electron chi connectivity index (χ2n) is 6.63. The first kappa shape index (κ1) is 16.8. The lowest BCUT2D eigenvalue weighted by Gasteiger charge is -2.29. The molecule has 28 heavy (non-hydrogen) atoms. The van der Waals surface area contributed by atoms with Crippen molar-refractivity contribution in [1.29, 1.82) is 0 Å². The van der Waals surface area contributed by atoms with Gasteiger partial charge >= 0.3 is 0 Å². The van der Waals surface area contributed by atoms with Gasteiger partial charge in [-0.15, -0.1) is 16.4 Å². The molecule has 10 heteroatoms. The first-order valence-electron chi connectivity index (χ1n) is 8.70. The van der Waals surface area contributed by atoms with Gasteiger partial charge in [0, 0.05) is 30.1 Å². The summed E-state index contributed by atoms with van der Waals surface area (Å²) in [4.78, 5) is 42.0. The zero-order valence-corrected chi connectivity index (χ0v) is 15.3. The summed E-state index contributed by atoms with van der Waals surface area (Å²) in [6, 6.07) is 4.79. The number of amides is 3. The van der Waals surface area contributed by atoms with Gasteiger partial charge in [-0.3, -0.25) is 19.7 Å². The van der Waals surface area contributed by atoms with Crippen molar-refractivity contribution in [2.75, 3.05) is 0 Å². The molecule has 140 valence electrons. The zero-order valence-electron chi connectivity index (χ0n) is 14.5. The molecular weight excluding hydrogens is 380 g/mol. The number of carbonyl (C=O) groups excluding carboxylic acids is 3. The summed E-state index contributed by atoms with van der Waals surface area (Å²) in [5, 5.41) is 13.3. The highest BCUT2D eigenvalue weighted by atomic mass is 32.1. The van der Waals surface area contributed by atoms with Crippen LogP contribution in [0.1, 0.15) is 28.8 Å². The quantitative estimate of drug-likeness (QED) is 0.668. The minimum absolute atomic E-state index is 0.196. The topological polar surface area (TPSA) is 110 Å². The van der Waals surface area contributed by atoms with Crippen LogP contribution in [-0.4, -0.2) is 48.6 Å². The van der Waals surface area contributed by atoms with Gasteiger partial charge in [0.1, 0.15) is 16.7 Å². The molecule has 1 saturated heterocycles. The maximum Gasteiger partial charge on any atom is 0.255 e. The van der Waals surface area contributed by atoms with Gasteiger partial charge in [0.05, 0.1) is 11.9 Å². The van der Waals surface area contributed by atoms with Crippen molar-refractivity contribution >= 4 is 29.1 Å². The van der Waals surface area contributed by atoms with E-state index in [1.165, 1.54) is 16.2 Å². The Bertz CT molecular complexity index is 1110. The van der Waals surface area contributed by atoms with Crippen LogP contribution in [0.3, 0.4) is 0 Å². The van der Waals surface area contributed by atoms with Gasteiger partial charge in [-0.2, -0.15) is 0 Å². The fourth-order valence-electron chi connectivity index (χ4n) is 3.54. The van der Waals surface area contributed by atoms with Gasteiger partial charge in [0.15, 0.2) is 0 Å². The first-order valence-corrected chi connectivity index (χ1v) is 9.58. The van der Waals surface area contributed by atoms with Crippen LogP contribution >= 0.6 is 11.3 Å². The molecule has 9 nitrogen and oxygen atoms in total. The molecule has 0 saturated carbocycles. The molecular formula is C18H14N6O3S. The molecule has 1 atom stereocenters. The standard InChI is InChI=1S/C18H14N6O3S/c25-15-4-3-14(16(26)20-15)23-8-10-7-11(1-2-12(10)18(23)27)24-9-13(21-22-24)17-19-5-6-28-17/h1-2,5-7,9,14H,3-4,8H2,(H,20,25,26). The summed E-state index contributed by atoms with van der Waals surface area (Å²) in [6.07, 6.45) is 4.08. The number of aromatic nitrogens is 4. The van der Waals surface area contributed by atoms with Crippen LogP contribution in [0.5, 0.6) is 0 Å². The van der Waals surface area contributed by atoms with Gasteiger partial charge in [0.2, 0.25) is 11.8 Å². The Morgan fingerprint density at radius 1 is 1.21 bits per heavy atom. The van der Waals surface area contributed by atoms with Crippen molar-refractivity contribution in [3.05, 3.63) is 47.1 Å². The normalized spacial score (nSPS) is 19.1. The Morgan fingerprint density at radius 2 is 2.11 bits per heavy atom. The molecule has 3 aromatic rings. The molecule has 0 radical (unpaired) electrons. The van der Waals surface area contributed by atoms with Gasteiger partial charge < -0.3 is 4.90 Å². The van der Waals surface area contributed by atoms with Crippen molar-refractivity contribution in [1.82, 2.24) is 30.2 Å². The molecule has 0 aliphatic carbocycles. The van der Waals surface area contributed by atoms with E-state index in [0.717, 1.165) is 16.3 Å². The second kappa shape index (κ2) is 6.34. The van der Waals surface area contributed by atoms with Crippen LogP contribution in [0.2, 0.25) is 0 Å². The number of carbonyl (C=O) groups is 3. The molecule has 1 aromatic carbocycles. The number of nitrogens with zero attached hydrogens (tertiary/aromatic N) is 5. The predicted molar refractivity (Wildman–Crippen MR) is 98.5 cm³/mol. The van der Waals surface area contributed by atoms with E-state index in [0.29, 0.717) is 24.2 Å². The summed E-state index contributed by atoms with van der Waals surface area (Å²) < 4.78 is 1.64. The number of piperidine rings is 1. The van der Waals surface area contributed by atoms with Crippen LogP contribution in [0.15, 0.2) is 36.0 Å². The Labute approximate surface area is 163 Å². The summed E-state index contributed by atoms with van der Waals surface area (Å²) in [5.41, 5.74) is 2.83. The lowest BCUT2D eigenvalue weighted by atomic mass is 10.0. The number of hydrogen-bond acceptors (Lipinski definition) is 7. The van der Waals surface area contributed by atoms with E-state index in [9.17, 15) is 14.4 Å². The maximum atomic E-state index is 12.7. The Balaban J connectivity index is 1.42. The first-order chi connectivity index (χ1) is 13.6. The summed E-state index contributed by atoms with van der Waals surface area (Å²) in [7, 11) is 0. The van der Waals surface area contributed by atoms with Crippen molar-refractivity contribution < 1.29 is 14.4 Å². The highest BCUT2D eigenvalue weighted by molar-refractivity contribution is 7.13. The smallest absolute Gasteiger partial charge is 0.255 e. The Hall–Kier alpha value is -3.40. The van der Waals surface area contributed by atoms with E-state index in [1.807, 2.05) is 11.4 Å². The van der Waals surface area contributed by atoms with E-state index < -0.39 is 11.9 Å². The van der Waals surface area contributed by atoms with Gasteiger partial charge in [-0.1, -0.05) is 5.21 Å². The number of rotatable bonds is 3. The molecule has 3 amide bonds. The molecule has 2 aliphatic heterocycles. The average Bonchev–Trinajstić information content (AvgIpc) is 3.41. The highest BCUT2D eigenvalue weighted by Crippen LogP contribution is 2.29. The van der Waals surface area contributed by atoms with Crippen LogP contribution < -0.4 is 5.32 Å². The minimum Gasteiger partial charge on any atom is -0.322 e. The number of imide groups is 1. The molecule has 0 bridgehead atoms. The van der Waals surface area contributed by atoms with Crippen LogP contribution in [-0.2, 0) is 16.1 Å². The largest absolute Gasteiger partial charge is 0.322 e. The molecule has 0 spiro atoms. The van der Waals surface area contributed by atoms with Crippen molar-refractivity contribution in [2.45, 2.75) is 25.4 Å². The molecule has 2 aromatic heterocycles. The van der Waals surface area contributed by atoms with Crippen LogP contribution in [0, 0.1) is 0 Å². The summed E-state index contributed by atoms with van der Waals surface area (Å²) in [5.74, 6) is -0.907. The number of benzene rings is 1. The second-order valence-corrected chi connectivity index (χ2v) is 7.52. The number of nitrogens with one attached hydrogen (secondary N) is 1. The van der Waals surface area contributed by atoms with Gasteiger partial charge in [-0.25, -0.2) is 9.67 Å². The zero-order chi connectivity index (χ0) is 19.3. The molecule has 1 N–H and O–H groups in total. The van der Waals surface area contributed by atoms with Crippen LogP contribution in [0.25, 0.3) is 16.4 Å². The van der Waals surface area contributed by atoms with E-state index >= 15 is 0 Å². The fourth-order valence-corrected chi connectivity index (χ4v) is 4.13. The third-order valence-corrected chi connectivity index (χ3v) is 5.71. The van der Waals surface area contributed by atoms with Gasteiger partial charge in [0.25, 0.3) is 5.91 Å². The lowest BCUT2D eigenvalue weighted by Crippen LogP contribution is -2.52. The summed E-state index contributed by atoms with van der Waals surface area (Å²) >= 11 is 1.48. The fraction of sp³-hybridized carbons (Fsp3) is 0.222. The highest BCUT2D eigenvalue weighted by Gasteiger charge is 2.39. The number of hydrogen-bond donors (Lipinski definition) is 1. The number of thiazole rings is 1. The molecule has 1 fully saturated rings. The summed E-state index contributed by atoms with van der Waals surface area (Å²) in [6.45, 7) is 0.322. The molecule has 1 unspecified atom stereocenters. The van der Waals surface area contributed by atoms with E-state index in [4.69, 9.17) is 0 Å². The van der Waals surface area contributed by atoms with Crippen molar-refractivity contribution in [2.24, 2.45) is 0 Å². The van der Waals surface area contributed by atoms with Crippen molar-refractivity contribution in [3.8, 4) is 16.4 Å². The number of fused-ring (bicyclic) bond motifs is 1. The molecule has 5 rings (SSSR count). The van der Waals surface area contributed by atoms with E-state index in [-0.39, 0.29) is 18.2 Å².